The van der Waals surface area contributed by atoms with Crippen molar-refractivity contribution < 1.29 is 9.90 Å². The number of nitrogens with zero attached hydrogens (tertiary/aromatic N) is 2. The van der Waals surface area contributed by atoms with E-state index in [0.717, 1.165) is 11.0 Å². The van der Waals surface area contributed by atoms with Crippen LogP contribution in [0.5, 0.6) is 0 Å². The molecule has 2 N–H and O–H groups in total. The van der Waals surface area contributed by atoms with Crippen LogP contribution in [-0.4, -0.2) is 32.8 Å². The summed E-state index contributed by atoms with van der Waals surface area (Å²) in [6.45, 7) is 1.72. The van der Waals surface area contributed by atoms with Crippen LogP contribution in [0.25, 0.3) is 11.0 Å². The summed E-state index contributed by atoms with van der Waals surface area (Å²) in [6.07, 6.45) is -0.604. The standard InChI is InChI=1S/C13H17N3O3/c1-9(17)7-14-12(18)8-16-11-6-4-3-5-10(11)15(2)13(16)19/h3-6,9,17H,7-8H2,1-2H3,(H,14,18). The molecule has 0 aliphatic heterocycles. The molecule has 0 aliphatic carbocycles. The zero-order valence-electron chi connectivity index (χ0n) is 11.0. The highest BCUT2D eigenvalue weighted by atomic mass is 16.3. The van der Waals surface area contributed by atoms with E-state index in [-0.39, 0.29) is 24.7 Å². The summed E-state index contributed by atoms with van der Waals surface area (Å²) in [5, 5.41) is 11.7. The van der Waals surface area contributed by atoms with E-state index in [0.29, 0.717) is 0 Å². The van der Waals surface area contributed by atoms with Gasteiger partial charge in [-0.25, -0.2) is 4.79 Å². The van der Waals surface area contributed by atoms with Gasteiger partial charge in [-0.1, -0.05) is 12.1 Å². The van der Waals surface area contributed by atoms with E-state index in [4.69, 9.17) is 5.11 Å². The van der Waals surface area contributed by atoms with Gasteiger partial charge in [0.2, 0.25) is 5.91 Å². The summed E-state index contributed by atoms with van der Waals surface area (Å²) in [6, 6.07) is 7.31. The van der Waals surface area contributed by atoms with Crippen molar-refractivity contribution in [2.24, 2.45) is 7.05 Å². The summed E-state index contributed by atoms with van der Waals surface area (Å²) in [7, 11) is 1.68. The van der Waals surface area contributed by atoms with Gasteiger partial charge < -0.3 is 10.4 Å². The van der Waals surface area contributed by atoms with E-state index in [1.165, 1.54) is 9.13 Å². The number of aliphatic hydroxyl groups excluding tert-OH is 1. The predicted octanol–water partition coefficient (Wildman–Crippen LogP) is -0.163. The van der Waals surface area contributed by atoms with Crippen LogP contribution < -0.4 is 11.0 Å². The fourth-order valence-corrected chi connectivity index (χ4v) is 1.98. The van der Waals surface area contributed by atoms with Crippen LogP contribution in [0.3, 0.4) is 0 Å². The number of aryl methyl sites for hydroxylation is 1. The molecule has 1 atom stereocenters. The minimum Gasteiger partial charge on any atom is -0.392 e. The summed E-state index contributed by atoms with van der Waals surface area (Å²) in [4.78, 5) is 23.8. The second-order valence-electron chi connectivity index (χ2n) is 4.57. The lowest BCUT2D eigenvalue weighted by atomic mass is 10.3. The molecule has 0 bridgehead atoms. The summed E-state index contributed by atoms with van der Waals surface area (Å²) in [5.41, 5.74) is 1.28. The Labute approximate surface area is 110 Å². The third-order valence-corrected chi connectivity index (χ3v) is 2.95. The van der Waals surface area contributed by atoms with E-state index < -0.39 is 6.10 Å². The molecule has 6 heteroatoms. The van der Waals surface area contributed by atoms with Gasteiger partial charge in [-0.3, -0.25) is 13.9 Å². The topological polar surface area (TPSA) is 76.3 Å². The number of benzene rings is 1. The van der Waals surface area contributed by atoms with Crippen molar-refractivity contribution in [3.63, 3.8) is 0 Å². The molecule has 1 aromatic carbocycles. The quantitative estimate of drug-likeness (QED) is 0.804. The fourth-order valence-electron chi connectivity index (χ4n) is 1.98. The second-order valence-corrected chi connectivity index (χ2v) is 4.57. The van der Waals surface area contributed by atoms with Crippen LogP contribution in [0.4, 0.5) is 0 Å². The number of fused-ring (bicyclic) bond motifs is 1. The monoisotopic (exact) mass is 263 g/mol. The predicted molar refractivity (Wildman–Crippen MR) is 71.9 cm³/mol. The van der Waals surface area contributed by atoms with Crippen LogP contribution in [0.1, 0.15) is 6.92 Å². The highest BCUT2D eigenvalue weighted by Crippen LogP contribution is 2.10. The van der Waals surface area contributed by atoms with Gasteiger partial charge in [0.05, 0.1) is 17.1 Å². The first kappa shape index (κ1) is 13.4. The molecule has 0 saturated heterocycles. The molecule has 6 nitrogen and oxygen atoms in total. The molecular formula is C13H17N3O3. The van der Waals surface area contributed by atoms with Crippen LogP contribution in [0.15, 0.2) is 29.1 Å². The van der Waals surface area contributed by atoms with E-state index in [2.05, 4.69) is 5.32 Å². The Morgan fingerprint density at radius 1 is 1.37 bits per heavy atom. The molecule has 1 amide bonds. The number of para-hydroxylation sites is 2. The van der Waals surface area contributed by atoms with Crippen LogP contribution >= 0.6 is 0 Å². The van der Waals surface area contributed by atoms with Crippen molar-refractivity contribution in [3.05, 3.63) is 34.7 Å². The lowest BCUT2D eigenvalue weighted by molar-refractivity contribution is -0.122. The average Bonchev–Trinajstić information content (AvgIpc) is 2.62. The molecule has 0 saturated carbocycles. The molecule has 0 aliphatic rings. The molecule has 1 aromatic heterocycles. The van der Waals surface area contributed by atoms with Crippen molar-refractivity contribution in [1.82, 2.24) is 14.5 Å². The first-order valence-electron chi connectivity index (χ1n) is 6.09. The van der Waals surface area contributed by atoms with Crippen LogP contribution in [0, 0.1) is 0 Å². The Morgan fingerprint density at radius 2 is 2.00 bits per heavy atom. The van der Waals surface area contributed by atoms with Gasteiger partial charge in [0.15, 0.2) is 0 Å². The van der Waals surface area contributed by atoms with E-state index in [9.17, 15) is 9.59 Å². The molecule has 2 aromatic rings. The number of hydrogen-bond acceptors (Lipinski definition) is 3. The molecular weight excluding hydrogens is 246 g/mol. The number of carbonyl (C=O) groups is 1. The maximum atomic E-state index is 12.1. The number of rotatable bonds is 4. The first-order valence-corrected chi connectivity index (χ1v) is 6.09. The van der Waals surface area contributed by atoms with Gasteiger partial charge in [-0.15, -0.1) is 0 Å². The third-order valence-electron chi connectivity index (χ3n) is 2.95. The average molecular weight is 263 g/mol. The molecule has 2 rings (SSSR count). The molecule has 0 spiro atoms. The smallest absolute Gasteiger partial charge is 0.329 e. The number of nitrogens with one attached hydrogen (secondary N) is 1. The fraction of sp³-hybridized carbons (Fsp3) is 0.385. The minimum atomic E-state index is -0.604. The maximum Gasteiger partial charge on any atom is 0.329 e. The van der Waals surface area contributed by atoms with Crippen LogP contribution in [0.2, 0.25) is 0 Å². The van der Waals surface area contributed by atoms with Gasteiger partial charge >= 0.3 is 5.69 Å². The number of aromatic nitrogens is 2. The van der Waals surface area contributed by atoms with Gasteiger partial charge in [-0.2, -0.15) is 0 Å². The van der Waals surface area contributed by atoms with Crippen LogP contribution in [-0.2, 0) is 18.4 Å². The van der Waals surface area contributed by atoms with Gasteiger partial charge in [-0.05, 0) is 19.1 Å². The summed E-state index contributed by atoms with van der Waals surface area (Å²) < 4.78 is 2.93. The number of hydrogen-bond donors (Lipinski definition) is 2. The van der Waals surface area contributed by atoms with Gasteiger partial charge in [0.1, 0.15) is 6.54 Å². The lowest BCUT2D eigenvalue weighted by Gasteiger charge is -2.07. The second kappa shape index (κ2) is 5.27. The van der Waals surface area contributed by atoms with Crippen molar-refractivity contribution in [2.45, 2.75) is 19.6 Å². The van der Waals surface area contributed by atoms with Crippen molar-refractivity contribution in [2.75, 3.05) is 6.54 Å². The Balaban J connectivity index is 2.28. The molecule has 19 heavy (non-hydrogen) atoms. The first-order chi connectivity index (χ1) is 9.00. The van der Waals surface area contributed by atoms with E-state index in [1.54, 1.807) is 20.0 Å². The van der Waals surface area contributed by atoms with Crippen molar-refractivity contribution in [1.29, 1.82) is 0 Å². The molecule has 1 heterocycles. The Kier molecular flexibility index (Phi) is 3.71. The number of carbonyl (C=O) groups excluding carboxylic acids is 1. The minimum absolute atomic E-state index is 0.0487. The zero-order chi connectivity index (χ0) is 14.0. The highest BCUT2D eigenvalue weighted by Gasteiger charge is 2.13. The Morgan fingerprint density at radius 3 is 2.63 bits per heavy atom. The molecule has 0 fully saturated rings. The van der Waals surface area contributed by atoms with E-state index in [1.807, 2.05) is 18.2 Å². The molecule has 1 unspecified atom stereocenters. The number of imidazole rings is 1. The van der Waals surface area contributed by atoms with Crippen molar-refractivity contribution >= 4 is 16.9 Å². The normalized spacial score (nSPS) is 12.6. The molecule has 0 radical (unpaired) electrons. The summed E-state index contributed by atoms with van der Waals surface area (Å²) >= 11 is 0. The number of amides is 1. The van der Waals surface area contributed by atoms with E-state index >= 15 is 0 Å². The maximum absolute atomic E-state index is 12.1. The lowest BCUT2D eigenvalue weighted by Crippen LogP contribution is -2.36. The van der Waals surface area contributed by atoms with Crippen molar-refractivity contribution in [3.8, 4) is 0 Å². The number of aliphatic hydroxyl groups is 1. The Bertz CT molecular complexity index is 655. The van der Waals surface area contributed by atoms with Gasteiger partial charge in [0, 0.05) is 13.6 Å². The zero-order valence-corrected chi connectivity index (χ0v) is 11.0. The van der Waals surface area contributed by atoms with Gasteiger partial charge in [0.25, 0.3) is 0 Å². The molecule has 102 valence electrons. The highest BCUT2D eigenvalue weighted by molar-refractivity contribution is 5.80. The largest absolute Gasteiger partial charge is 0.392 e. The Hall–Kier alpha value is -2.08. The SMILES string of the molecule is CC(O)CNC(=O)Cn1c(=O)n(C)c2ccccc21. The third kappa shape index (κ3) is 2.68. The summed E-state index contributed by atoms with van der Waals surface area (Å²) in [5.74, 6) is -0.292.